The number of allylic oxidation sites excluding steroid dienone is 2. The number of ether oxygens (including phenoxy) is 1. The van der Waals surface area contributed by atoms with Crippen molar-refractivity contribution in [2.75, 3.05) is 7.11 Å². The maximum Gasteiger partial charge on any atom is 0.166 e. The Bertz CT molecular complexity index is 363. The Morgan fingerprint density at radius 3 is 2.53 bits per heavy atom. The van der Waals surface area contributed by atoms with Gasteiger partial charge in [-0.3, -0.25) is 4.79 Å². The molecule has 0 fully saturated rings. The van der Waals surface area contributed by atoms with E-state index in [-0.39, 0.29) is 5.78 Å². The topological polar surface area (TPSA) is 26.3 Å². The number of unbranched alkanes of at least 4 members (excludes halogenated alkanes) is 2. The van der Waals surface area contributed by atoms with Crippen molar-refractivity contribution in [1.29, 1.82) is 0 Å². The van der Waals surface area contributed by atoms with Gasteiger partial charge in [-0.15, -0.1) is 0 Å². The number of ketones is 1. The molecule has 0 aromatic heterocycles. The molecule has 0 heterocycles. The van der Waals surface area contributed by atoms with Crippen LogP contribution >= 0.6 is 0 Å². The Kier molecular flexibility index (Phi) is 6.08. The lowest BCUT2D eigenvalue weighted by Crippen LogP contribution is -1.96. The van der Waals surface area contributed by atoms with Crippen LogP contribution in [-0.2, 0) is 0 Å². The Labute approximate surface area is 103 Å². The molecule has 1 rings (SSSR count). The van der Waals surface area contributed by atoms with Gasteiger partial charge in [0, 0.05) is 12.0 Å². The van der Waals surface area contributed by atoms with Gasteiger partial charge in [0.15, 0.2) is 5.78 Å². The van der Waals surface area contributed by atoms with Crippen molar-refractivity contribution in [3.05, 3.63) is 42.0 Å². The summed E-state index contributed by atoms with van der Waals surface area (Å²) in [6, 6.07) is 7.24. The van der Waals surface area contributed by atoms with Gasteiger partial charge in [-0.05, 0) is 30.7 Å². The van der Waals surface area contributed by atoms with E-state index in [9.17, 15) is 4.79 Å². The fourth-order valence-electron chi connectivity index (χ4n) is 1.52. The molecule has 0 spiro atoms. The van der Waals surface area contributed by atoms with E-state index < -0.39 is 0 Å². The summed E-state index contributed by atoms with van der Waals surface area (Å²) in [6.45, 7) is 2.16. The molecule has 1 aromatic carbocycles. The van der Waals surface area contributed by atoms with Crippen molar-refractivity contribution in [1.82, 2.24) is 0 Å². The second kappa shape index (κ2) is 7.66. The summed E-state index contributed by atoms with van der Waals surface area (Å²) in [7, 11) is 1.62. The molecule has 0 amide bonds. The monoisotopic (exact) mass is 232 g/mol. The molecule has 0 radical (unpaired) electrons. The summed E-state index contributed by atoms with van der Waals surface area (Å²) in [4.78, 5) is 11.8. The SMILES string of the molecule is CCCC/C=C\CC(=O)c1ccc(OC)cc1. The average molecular weight is 232 g/mol. The van der Waals surface area contributed by atoms with Crippen LogP contribution in [-0.4, -0.2) is 12.9 Å². The first-order valence-electron chi connectivity index (χ1n) is 6.10. The number of hydrogen-bond donors (Lipinski definition) is 0. The lowest BCUT2D eigenvalue weighted by molar-refractivity contribution is 0.0995. The van der Waals surface area contributed by atoms with Crippen molar-refractivity contribution in [2.45, 2.75) is 32.6 Å². The third-order valence-corrected chi connectivity index (χ3v) is 2.61. The molecule has 0 unspecified atom stereocenters. The Morgan fingerprint density at radius 1 is 1.24 bits per heavy atom. The zero-order chi connectivity index (χ0) is 12.5. The molecule has 1 aromatic rings. The van der Waals surface area contributed by atoms with E-state index in [1.54, 1.807) is 19.2 Å². The van der Waals surface area contributed by atoms with E-state index in [4.69, 9.17) is 4.74 Å². The maximum absolute atomic E-state index is 11.8. The molecule has 0 atom stereocenters. The minimum atomic E-state index is 0.153. The molecule has 0 N–H and O–H groups in total. The molecular weight excluding hydrogens is 212 g/mol. The van der Waals surface area contributed by atoms with E-state index in [0.717, 1.165) is 17.7 Å². The van der Waals surface area contributed by atoms with Crippen LogP contribution in [0, 0.1) is 0 Å². The first-order chi connectivity index (χ1) is 8.27. The number of methoxy groups -OCH3 is 1. The van der Waals surface area contributed by atoms with Gasteiger partial charge in [-0.1, -0.05) is 31.9 Å². The van der Waals surface area contributed by atoms with Crippen LogP contribution in [0.5, 0.6) is 5.75 Å². The highest BCUT2D eigenvalue weighted by atomic mass is 16.5. The van der Waals surface area contributed by atoms with Gasteiger partial charge in [-0.2, -0.15) is 0 Å². The third kappa shape index (κ3) is 4.85. The molecule has 0 bridgehead atoms. The summed E-state index contributed by atoms with van der Waals surface area (Å²) in [6.07, 6.45) is 7.97. The van der Waals surface area contributed by atoms with Gasteiger partial charge in [0.1, 0.15) is 5.75 Å². The van der Waals surface area contributed by atoms with E-state index in [1.807, 2.05) is 18.2 Å². The zero-order valence-corrected chi connectivity index (χ0v) is 10.6. The average Bonchev–Trinajstić information content (AvgIpc) is 2.38. The van der Waals surface area contributed by atoms with Gasteiger partial charge in [-0.25, -0.2) is 0 Å². The number of benzene rings is 1. The highest BCUT2D eigenvalue weighted by Crippen LogP contribution is 2.12. The fraction of sp³-hybridized carbons (Fsp3) is 0.400. The summed E-state index contributed by atoms with van der Waals surface area (Å²) >= 11 is 0. The number of hydrogen-bond acceptors (Lipinski definition) is 2. The van der Waals surface area contributed by atoms with Gasteiger partial charge >= 0.3 is 0 Å². The predicted octanol–water partition coefficient (Wildman–Crippen LogP) is 4.01. The van der Waals surface area contributed by atoms with Crippen LogP contribution in [0.1, 0.15) is 43.0 Å². The van der Waals surface area contributed by atoms with E-state index in [2.05, 4.69) is 13.0 Å². The smallest absolute Gasteiger partial charge is 0.166 e. The van der Waals surface area contributed by atoms with Crippen LogP contribution in [0.4, 0.5) is 0 Å². The van der Waals surface area contributed by atoms with Gasteiger partial charge in [0.25, 0.3) is 0 Å². The minimum absolute atomic E-state index is 0.153. The minimum Gasteiger partial charge on any atom is -0.497 e. The van der Waals surface area contributed by atoms with Crippen molar-refractivity contribution >= 4 is 5.78 Å². The van der Waals surface area contributed by atoms with Crippen molar-refractivity contribution in [3.8, 4) is 5.75 Å². The molecular formula is C15H20O2. The second-order valence-corrected chi connectivity index (χ2v) is 3.97. The lowest BCUT2D eigenvalue weighted by Gasteiger charge is -2.01. The fourth-order valence-corrected chi connectivity index (χ4v) is 1.52. The standard InChI is InChI=1S/C15H20O2/c1-3-4-5-6-7-8-15(16)13-9-11-14(17-2)12-10-13/h6-7,9-12H,3-5,8H2,1-2H3/b7-6-. The van der Waals surface area contributed by atoms with Gasteiger partial charge in [0.2, 0.25) is 0 Å². The van der Waals surface area contributed by atoms with E-state index in [0.29, 0.717) is 6.42 Å². The number of Topliss-reactive ketones (excluding diaryl/α,β-unsaturated/α-hetero) is 1. The van der Waals surface area contributed by atoms with E-state index >= 15 is 0 Å². The highest BCUT2D eigenvalue weighted by molar-refractivity contribution is 5.97. The first kappa shape index (κ1) is 13.5. The molecule has 92 valence electrons. The van der Waals surface area contributed by atoms with Gasteiger partial charge < -0.3 is 4.74 Å². The van der Waals surface area contributed by atoms with Crippen molar-refractivity contribution in [2.24, 2.45) is 0 Å². The summed E-state index contributed by atoms with van der Waals surface area (Å²) in [5, 5.41) is 0. The summed E-state index contributed by atoms with van der Waals surface area (Å²) in [5.41, 5.74) is 0.742. The van der Waals surface area contributed by atoms with Gasteiger partial charge in [0.05, 0.1) is 7.11 Å². The largest absolute Gasteiger partial charge is 0.497 e. The Balaban J connectivity index is 2.43. The Morgan fingerprint density at radius 2 is 1.94 bits per heavy atom. The lowest BCUT2D eigenvalue weighted by atomic mass is 10.1. The van der Waals surface area contributed by atoms with Crippen LogP contribution in [0.2, 0.25) is 0 Å². The molecule has 2 heteroatoms. The molecule has 0 aliphatic rings. The molecule has 0 aliphatic heterocycles. The number of rotatable bonds is 7. The summed E-state index contributed by atoms with van der Waals surface area (Å²) < 4.78 is 5.05. The highest BCUT2D eigenvalue weighted by Gasteiger charge is 2.03. The van der Waals surface area contributed by atoms with Crippen molar-refractivity contribution < 1.29 is 9.53 Å². The molecule has 0 saturated heterocycles. The third-order valence-electron chi connectivity index (χ3n) is 2.61. The molecule has 17 heavy (non-hydrogen) atoms. The van der Waals surface area contributed by atoms with Crippen LogP contribution in [0.25, 0.3) is 0 Å². The van der Waals surface area contributed by atoms with Crippen LogP contribution in [0.3, 0.4) is 0 Å². The number of carbonyl (C=O) groups excluding carboxylic acids is 1. The maximum atomic E-state index is 11.8. The summed E-state index contributed by atoms with van der Waals surface area (Å²) in [5.74, 6) is 0.931. The molecule has 0 aliphatic carbocycles. The normalized spacial score (nSPS) is 10.7. The van der Waals surface area contributed by atoms with E-state index in [1.165, 1.54) is 12.8 Å². The molecule has 0 saturated carbocycles. The zero-order valence-electron chi connectivity index (χ0n) is 10.6. The van der Waals surface area contributed by atoms with Crippen LogP contribution in [0.15, 0.2) is 36.4 Å². The van der Waals surface area contributed by atoms with Crippen molar-refractivity contribution in [3.63, 3.8) is 0 Å². The predicted molar refractivity (Wildman–Crippen MR) is 70.6 cm³/mol. The Hall–Kier alpha value is -1.57. The van der Waals surface area contributed by atoms with Crippen LogP contribution < -0.4 is 4.74 Å². The quantitative estimate of drug-likeness (QED) is 0.403. The molecule has 2 nitrogen and oxygen atoms in total. The second-order valence-electron chi connectivity index (χ2n) is 3.97. The first-order valence-corrected chi connectivity index (χ1v) is 6.10. The number of carbonyl (C=O) groups is 1.